The van der Waals surface area contributed by atoms with Crippen LogP contribution in [0.3, 0.4) is 0 Å². The Balaban J connectivity index is 1.35. The van der Waals surface area contributed by atoms with Gasteiger partial charge in [0.25, 0.3) is 11.8 Å². The van der Waals surface area contributed by atoms with Crippen LogP contribution in [0.2, 0.25) is 0 Å². The number of hydrogen-bond acceptors (Lipinski definition) is 8. The van der Waals surface area contributed by atoms with Gasteiger partial charge in [-0.2, -0.15) is 0 Å². The van der Waals surface area contributed by atoms with Crippen molar-refractivity contribution in [3.63, 3.8) is 0 Å². The van der Waals surface area contributed by atoms with Crippen LogP contribution < -0.4 is 15.6 Å². The molecule has 1 aromatic heterocycles. The van der Waals surface area contributed by atoms with E-state index in [1.807, 2.05) is 54.6 Å². The van der Waals surface area contributed by atoms with Gasteiger partial charge in [0.15, 0.2) is 0 Å². The molecular weight excluding hydrogens is 468 g/mol. The van der Waals surface area contributed by atoms with Crippen molar-refractivity contribution in [1.82, 2.24) is 14.8 Å². The first-order valence-corrected chi connectivity index (χ1v) is 12.6. The molecule has 0 radical (unpaired) electrons. The number of nitrogens with two attached hydrogens (primary N) is 2. The number of nitrogens with one attached hydrogen (secondary N) is 1. The molecule has 5 N–H and O–H groups in total. The summed E-state index contributed by atoms with van der Waals surface area (Å²) in [6.07, 6.45) is 2.48. The molecule has 1 fully saturated rings. The summed E-state index contributed by atoms with van der Waals surface area (Å²) >= 11 is 2.39. The Hall–Kier alpha value is -3.21. The highest BCUT2D eigenvalue weighted by Gasteiger charge is 2.23. The Morgan fingerprint density at radius 3 is 2.50 bits per heavy atom. The van der Waals surface area contributed by atoms with Crippen molar-refractivity contribution in [1.29, 1.82) is 0 Å². The first-order chi connectivity index (χ1) is 16.6. The lowest BCUT2D eigenvalue weighted by Crippen LogP contribution is -2.39. The van der Waals surface area contributed by atoms with Crippen LogP contribution in [0.5, 0.6) is 0 Å². The van der Waals surface area contributed by atoms with E-state index >= 15 is 0 Å². The van der Waals surface area contributed by atoms with Crippen LogP contribution in [0.4, 0.5) is 5.69 Å². The molecule has 176 valence electrons. The lowest BCUT2D eigenvalue weighted by atomic mass is 10.2. The Labute approximate surface area is 207 Å². The van der Waals surface area contributed by atoms with Gasteiger partial charge in [-0.15, -0.1) is 0 Å². The summed E-state index contributed by atoms with van der Waals surface area (Å²) in [5, 5.41) is 7.88. The number of para-hydroxylation sites is 1. The standard InChI is InChI=1S/C24H26N6O2S2/c25-20(16-33-26)24(32)30-13-3-12-29(14-15-30)23(31)18-7-9-19(10-8-18)28-34-21-6-1-4-17-5-2-11-27-22(17)21/h1-2,4-11,16,28H,3,12-15,25-26H2/b20-16-. The molecule has 1 aliphatic heterocycles. The average molecular weight is 495 g/mol. The normalized spacial score (nSPS) is 14.7. The molecule has 0 atom stereocenters. The molecule has 1 aliphatic rings. The molecule has 1 saturated heterocycles. The van der Waals surface area contributed by atoms with Crippen molar-refractivity contribution in [3.05, 3.63) is 77.5 Å². The molecule has 0 spiro atoms. The largest absolute Gasteiger partial charge is 0.394 e. The molecule has 0 unspecified atom stereocenters. The van der Waals surface area contributed by atoms with E-state index in [0.717, 1.165) is 33.4 Å². The van der Waals surface area contributed by atoms with E-state index in [2.05, 4.69) is 9.71 Å². The number of benzene rings is 2. The smallest absolute Gasteiger partial charge is 0.270 e. The van der Waals surface area contributed by atoms with Crippen LogP contribution in [-0.2, 0) is 4.79 Å². The van der Waals surface area contributed by atoms with E-state index in [9.17, 15) is 9.59 Å². The molecule has 8 nitrogen and oxygen atoms in total. The predicted octanol–water partition coefficient (Wildman–Crippen LogP) is 3.44. The van der Waals surface area contributed by atoms with Gasteiger partial charge in [-0.1, -0.05) is 30.1 Å². The van der Waals surface area contributed by atoms with E-state index < -0.39 is 0 Å². The number of aromatic nitrogens is 1. The van der Waals surface area contributed by atoms with Gasteiger partial charge in [-0.3, -0.25) is 19.7 Å². The number of nitrogens with zero attached hydrogens (tertiary/aromatic N) is 3. The first-order valence-electron chi connectivity index (χ1n) is 10.8. The number of fused-ring (bicyclic) bond motifs is 1. The maximum Gasteiger partial charge on any atom is 0.270 e. The lowest BCUT2D eigenvalue weighted by Gasteiger charge is -2.22. The minimum atomic E-state index is -0.249. The quantitative estimate of drug-likeness (QED) is 0.352. The van der Waals surface area contributed by atoms with E-state index in [0.29, 0.717) is 38.2 Å². The molecular formula is C24H26N6O2S2. The van der Waals surface area contributed by atoms with Crippen molar-refractivity contribution < 1.29 is 9.59 Å². The van der Waals surface area contributed by atoms with Crippen LogP contribution in [0.15, 0.2) is 76.8 Å². The summed E-state index contributed by atoms with van der Waals surface area (Å²) in [4.78, 5) is 34.4. The second-order valence-electron chi connectivity index (χ2n) is 7.76. The van der Waals surface area contributed by atoms with E-state index in [1.165, 1.54) is 17.4 Å². The van der Waals surface area contributed by atoms with Gasteiger partial charge in [0.2, 0.25) is 0 Å². The zero-order valence-corrected chi connectivity index (χ0v) is 20.1. The van der Waals surface area contributed by atoms with Crippen LogP contribution in [0.1, 0.15) is 16.8 Å². The number of rotatable bonds is 6. The second-order valence-corrected chi connectivity index (χ2v) is 9.12. The lowest BCUT2D eigenvalue weighted by molar-refractivity contribution is -0.127. The molecule has 0 bridgehead atoms. The average Bonchev–Trinajstić information content (AvgIpc) is 3.13. The minimum Gasteiger partial charge on any atom is -0.394 e. The molecule has 34 heavy (non-hydrogen) atoms. The number of anilines is 1. The zero-order chi connectivity index (χ0) is 23.9. The van der Waals surface area contributed by atoms with E-state index in [1.54, 1.807) is 16.0 Å². The summed E-state index contributed by atoms with van der Waals surface area (Å²) in [5.41, 5.74) is 8.34. The van der Waals surface area contributed by atoms with Gasteiger partial charge in [0.1, 0.15) is 5.70 Å². The summed E-state index contributed by atoms with van der Waals surface area (Å²) in [6.45, 7) is 2.03. The topological polar surface area (TPSA) is 118 Å². The zero-order valence-electron chi connectivity index (χ0n) is 18.5. The van der Waals surface area contributed by atoms with Gasteiger partial charge in [0.05, 0.1) is 10.4 Å². The molecule has 0 aliphatic carbocycles. The summed E-state index contributed by atoms with van der Waals surface area (Å²) in [5.74, 6) is -0.297. The third-order valence-electron chi connectivity index (χ3n) is 5.52. The monoisotopic (exact) mass is 494 g/mol. The van der Waals surface area contributed by atoms with Crippen molar-refractivity contribution >= 4 is 52.3 Å². The van der Waals surface area contributed by atoms with Crippen molar-refractivity contribution in [2.24, 2.45) is 10.9 Å². The fraction of sp³-hybridized carbons (Fsp3) is 0.208. The van der Waals surface area contributed by atoms with Gasteiger partial charge in [-0.25, -0.2) is 0 Å². The van der Waals surface area contributed by atoms with E-state index in [4.69, 9.17) is 10.9 Å². The fourth-order valence-corrected chi connectivity index (χ4v) is 4.79. The van der Waals surface area contributed by atoms with Gasteiger partial charge >= 0.3 is 0 Å². The van der Waals surface area contributed by atoms with Crippen molar-refractivity contribution in [3.8, 4) is 0 Å². The van der Waals surface area contributed by atoms with Crippen LogP contribution >= 0.6 is 23.9 Å². The van der Waals surface area contributed by atoms with Gasteiger partial charge in [-0.05, 0) is 54.8 Å². The Bertz CT molecular complexity index is 1200. The van der Waals surface area contributed by atoms with E-state index in [-0.39, 0.29) is 17.5 Å². The highest BCUT2D eigenvalue weighted by atomic mass is 32.2. The van der Waals surface area contributed by atoms with Crippen LogP contribution in [0.25, 0.3) is 10.9 Å². The minimum absolute atomic E-state index is 0.0483. The summed E-state index contributed by atoms with van der Waals surface area (Å²) in [7, 11) is 0. The molecule has 3 aromatic rings. The molecule has 2 heterocycles. The Morgan fingerprint density at radius 2 is 1.71 bits per heavy atom. The Kier molecular flexibility index (Phi) is 7.94. The van der Waals surface area contributed by atoms with Crippen LogP contribution in [-0.4, -0.2) is 52.8 Å². The SMILES string of the molecule is NS/C=C(\N)C(=O)N1CCCN(C(=O)c2ccc(NSc3cccc4cccnc34)cc2)CC1. The Morgan fingerprint density at radius 1 is 0.971 bits per heavy atom. The third kappa shape index (κ3) is 5.64. The maximum atomic E-state index is 13.0. The number of amides is 2. The van der Waals surface area contributed by atoms with Gasteiger partial charge < -0.3 is 20.3 Å². The van der Waals surface area contributed by atoms with Crippen molar-refractivity contribution in [2.75, 3.05) is 30.9 Å². The van der Waals surface area contributed by atoms with Gasteiger partial charge in [0, 0.05) is 54.4 Å². The predicted molar refractivity (Wildman–Crippen MR) is 139 cm³/mol. The molecule has 2 aromatic carbocycles. The molecule has 4 rings (SSSR count). The maximum absolute atomic E-state index is 13.0. The number of pyridine rings is 1. The summed E-state index contributed by atoms with van der Waals surface area (Å²) in [6, 6.07) is 17.5. The highest BCUT2D eigenvalue weighted by Crippen LogP contribution is 2.27. The highest BCUT2D eigenvalue weighted by molar-refractivity contribution is 8.00. The third-order valence-corrected chi connectivity index (χ3v) is 6.80. The molecule has 10 heteroatoms. The second kappa shape index (κ2) is 11.3. The first kappa shape index (κ1) is 23.9. The number of carbonyl (C=O) groups excluding carboxylic acids is 2. The van der Waals surface area contributed by atoms with Crippen LogP contribution in [0, 0.1) is 0 Å². The fourth-order valence-electron chi connectivity index (χ4n) is 3.77. The number of hydrogen-bond donors (Lipinski definition) is 3. The molecule has 0 saturated carbocycles. The molecule has 2 amide bonds. The number of carbonyl (C=O) groups is 2. The summed E-state index contributed by atoms with van der Waals surface area (Å²) < 4.78 is 3.33. The van der Waals surface area contributed by atoms with Crippen molar-refractivity contribution in [2.45, 2.75) is 11.3 Å².